The summed E-state index contributed by atoms with van der Waals surface area (Å²) in [6.07, 6.45) is 0. The normalized spacial score (nSPS) is 12.2. The second kappa shape index (κ2) is 10.7. The van der Waals surface area contributed by atoms with E-state index < -0.39 is 0 Å². The van der Waals surface area contributed by atoms with Gasteiger partial charge in [0.05, 0.1) is 0 Å². The number of halogens is 2. The Labute approximate surface area is 219 Å². The molecule has 0 aliphatic heterocycles. The zero-order valence-electron chi connectivity index (χ0n) is 19.8. The lowest BCUT2D eigenvalue weighted by atomic mass is 9.87. The molecule has 4 heteroatoms. The van der Waals surface area contributed by atoms with E-state index in [1.165, 1.54) is 41.8 Å². The molecule has 0 unspecified atom stereocenters. The van der Waals surface area contributed by atoms with Crippen LogP contribution in [0.5, 0.6) is 0 Å². The van der Waals surface area contributed by atoms with Crippen LogP contribution >= 0.6 is 55.4 Å². The molecule has 0 amide bonds. The van der Waals surface area contributed by atoms with Crippen LogP contribution in [0.25, 0.3) is 0 Å². The van der Waals surface area contributed by atoms with Gasteiger partial charge in [-0.15, -0.1) is 0 Å². The fourth-order valence-electron chi connectivity index (χ4n) is 3.34. The van der Waals surface area contributed by atoms with Crippen molar-refractivity contribution in [3.05, 3.63) is 82.9 Å². The van der Waals surface area contributed by atoms with Gasteiger partial charge in [-0.05, 0) is 69.5 Å². The van der Waals surface area contributed by atoms with Crippen LogP contribution in [-0.2, 0) is 21.5 Å². The molecule has 0 nitrogen and oxygen atoms in total. The van der Waals surface area contributed by atoms with Crippen molar-refractivity contribution in [1.29, 1.82) is 0 Å². The Bertz CT molecular complexity index is 954. The summed E-state index contributed by atoms with van der Waals surface area (Å²) in [4.78, 5) is 5.18. The molecule has 0 aliphatic rings. The van der Waals surface area contributed by atoms with Crippen molar-refractivity contribution in [2.75, 3.05) is 0 Å². The topological polar surface area (TPSA) is 0 Å². The van der Waals surface area contributed by atoms with E-state index >= 15 is 0 Å². The Kier molecular flexibility index (Phi) is 8.68. The van der Waals surface area contributed by atoms with Gasteiger partial charge in [0.15, 0.2) is 0 Å². The highest BCUT2D eigenvalue weighted by Gasteiger charge is 2.16. The smallest absolute Gasteiger partial charge is 0.0294 e. The first-order chi connectivity index (χ1) is 15.0. The summed E-state index contributed by atoms with van der Waals surface area (Å²) in [5, 5.41) is 1.68. The maximum absolute atomic E-state index is 3.72. The van der Waals surface area contributed by atoms with Gasteiger partial charge in [0.2, 0.25) is 0 Å². The molecule has 3 rings (SSSR count). The van der Waals surface area contributed by atoms with Crippen molar-refractivity contribution in [1.82, 2.24) is 0 Å². The maximum atomic E-state index is 3.72. The Balaban J connectivity index is 1.86. The fourth-order valence-corrected chi connectivity index (χ4v) is 6.62. The molecular weight excluding hydrogens is 560 g/mol. The lowest BCUT2D eigenvalue weighted by Gasteiger charge is -2.20. The van der Waals surface area contributed by atoms with Crippen LogP contribution in [0.15, 0.2) is 80.2 Å². The van der Waals surface area contributed by atoms with Gasteiger partial charge in [0, 0.05) is 30.2 Å². The van der Waals surface area contributed by atoms with Crippen molar-refractivity contribution in [2.24, 2.45) is 0 Å². The van der Waals surface area contributed by atoms with E-state index in [2.05, 4.69) is 134 Å². The molecule has 32 heavy (non-hydrogen) atoms. The standard InChI is InChI=1S/C28H32Br2S2/c1-27(2,3)21-7-11-23(12-8-21)31-25-15-20(18-30)26(16-19(25)17-29)32-24-13-9-22(10-14-24)28(4,5)6/h7-16H,17-18H2,1-6H3. The number of hydrogen-bond acceptors (Lipinski definition) is 2. The van der Waals surface area contributed by atoms with E-state index in [9.17, 15) is 0 Å². The molecule has 0 saturated carbocycles. The van der Waals surface area contributed by atoms with E-state index in [1.54, 1.807) is 0 Å². The minimum Gasteiger partial charge on any atom is -0.0898 e. The molecule has 0 heterocycles. The minimum absolute atomic E-state index is 0.178. The molecule has 3 aromatic carbocycles. The Morgan fingerprint density at radius 3 is 1.12 bits per heavy atom. The van der Waals surface area contributed by atoms with Gasteiger partial charge in [-0.1, -0.05) is 121 Å². The number of hydrogen-bond donors (Lipinski definition) is 0. The van der Waals surface area contributed by atoms with Gasteiger partial charge < -0.3 is 0 Å². The molecular formula is C28H32Br2S2. The van der Waals surface area contributed by atoms with Crippen LogP contribution in [0.3, 0.4) is 0 Å². The van der Waals surface area contributed by atoms with Crippen LogP contribution in [0.4, 0.5) is 0 Å². The van der Waals surface area contributed by atoms with E-state index in [1.807, 2.05) is 23.5 Å². The second-order valence-electron chi connectivity index (χ2n) is 10.1. The predicted molar refractivity (Wildman–Crippen MR) is 150 cm³/mol. The second-order valence-corrected chi connectivity index (χ2v) is 13.4. The summed E-state index contributed by atoms with van der Waals surface area (Å²) in [7, 11) is 0. The van der Waals surface area contributed by atoms with E-state index in [0.29, 0.717) is 0 Å². The Morgan fingerprint density at radius 2 is 0.875 bits per heavy atom. The summed E-state index contributed by atoms with van der Waals surface area (Å²) in [5.41, 5.74) is 5.75. The Hall–Kier alpha value is -0.680. The fraction of sp³-hybridized carbons (Fsp3) is 0.357. The van der Waals surface area contributed by atoms with Crippen LogP contribution in [0.2, 0.25) is 0 Å². The lowest BCUT2D eigenvalue weighted by molar-refractivity contribution is 0.589. The molecule has 0 saturated heterocycles. The molecule has 0 radical (unpaired) electrons. The van der Waals surface area contributed by atoms with E-state index in [-0.39, 0.29) is 10.8 Å². The average Bonchev–Trinajstić information content (AvgIpc) is 2.74. The highest BCUT2D eigenvalue weighted by atomic mass is 79.9. The van der Waals surface area contributed by atoms with Gasteiger partial charge in [-0.25, -0.2) is 0 Å². The monoisotopic (exact) mass is 590 g/mol. The molecule has 3 aromatic rings. The molecule has 170 valence electrons. The zero-order chi connectivity index (χ0) is 23.5. The van der Waals surface area contributed by atoms with Crippen molar-refractivity contribution in [3.8, 4) is 0 Å². The van der Waals surface area contributed by atoms with Gasteiger partial charge in [-0.3, -0.25) is 0 Å². The van der Waals surface area contributed by atoms with Crippen molar-refractivity contribution in [2.45, 2.75) is 82.6 Å². The summed E-state index contributed by atoms with van der Waals surface area (Å²) >= 11 is 11.1. The van der Waals surface area contributed by atoms with Crippen LogP contribution in [0, 0.1) is 0 Å². The van der Waals surface area contributed by atoms with Gasteiger partial charge in [0.1, 0.15) is 0 Å². The number of benzene rings is 3. The third-order valence-electron chi connectivity index (χ3n) is 5.43. The van der Waals surface area contributed by atoms with Crippen LogP contribution in [-0.4, -0.2) is 0 Å². The summed E-state index contributed by atoms with van der Waals surface area (Å²) in [6.45, 7) is 13.5. The largest absolute Gasteiger partial charge is 0.0898 e. The molecule has 0 spiro atoms. The lowest BCUT2D eigenvalue weighted by Crippen LogP contribution is -2.10. The SMILES string of the molecule is CC(C)(C)c1ccc(Sc2cc(CBr)c(Sc3ccc(C(C)(C)C)cc3)cc2CBr)cc1. The van der Waals surface area contributed by atoms with E-state index in [4.69, 9.17) is 0 Å². The predicted octanol–water partition coefficient (Wildman–Crippen LogP) is 10.4. The van der Waals surface area contributed by atoms with Crippen molar-refractivity contribution < 1.29 is 0 Å². The van der Waals surface area contributed by atoms with Crippen LogP contribution in [0.1, 0.15) is 63.8 Å². The molecule has 0 aliphatic carbocycles. The number of alkyl halides is 2. The van der Waals surface area contributed by atoms with Gasteiger partial charge in [0.25, 0.3) is 0 Å². The summed E-state index contributed by atoms with van der Waals surface area (Å²) in [6, 6.07) is 22.7. The van der Waals surface area contributed by atoms with Crippen LogP contribution < -0.4 is 0 Å². The quantitative estimate of drug-likeness (QED) is 0.261. The van der Waals surface area contributed by atoms with Crippen molar-refractivity contribution >= 4 is 55.4 Å². The number of rotatable bonds is 6. The molecule has 0 N–H and O–H groups in total. The zero-order valence-corrected chi connectivity index (χ0v) is 24.6. The van der Waals surface area contributed by atoms with Crippen molar-refractivity contribution in [3.63, 3.8) is 0 Å². The maximum Gasteiger partial charge on any atom is 0.0294 e. The first-order valence-corrected chi connectivity index (χ1v) is 14.7. The highest BCUT2D eigenvalue weighted by molar-refractivity contribution is 9.08. The summed E-state index contributed by atoms with van der Waals surface area (Å²) in [5.74, 6) is 0. The third kappa shape index (κ3) is 6.68. The Morgan fingerprint density at radius 1 is 0.562 bits per heavy atom. The minimum atomic E-state index is 0.178. The highest BCUT2D eigenvalue weighted by Crippen LogP contribution is 2.40. The molecule has 0 fully saturated rings. The first-order valence-electron chi connectivity index (χ1n) is 10.9. The van der Waals surface area contributed by atoms with E-state index in [0.717, 1.165) is 10.7 Å². The van der Waals surface area contributed by atoms with Gasteiger partial charge in [-0.2, -0.15) is 0 Å². The first kappa shape index (κ1) is 25.9. The average molecular weight is 593 g/mol. The molecule has 0 atom stereocenters. The van der Waals surface area contributed by atoms with Gasteiger partial charge >= 0.3 is 0 Å². The third-order valence-corrected chi connectivity index (χ3v) is 8.85. The summed E-state index contributed by atoms with van der Waals surface area (Å²) < 4.78 is 0. The molecule has 0 bridgehead atoms. The molecule has 0 aromatic heterocycles.